The highest BCUT2D eigenvalue weighted by atomic mass is 16.5. The highest BCUT2D eigenvalue weighted by Crippen LogP contribution is 2.45. The number of hydrogen-bond acceptors (Lipinski definition) is 3. The summed E-state index contributed by atoms with van der Waals surface area (Å²) in [6.07, 6.45) is 0.573. The molecule has 1 aliphatic rings. The van der Waals surface area contributed by atoms with Crippen LogP contribution in [0.1, 0.15) is 30.0 Å². The van der Waals surface area contributed by atoms with Gasteiger partial charge >= 0.3 is 0 Å². The lowest BCUT2D eigenvalue weighted by Gasteiger charge is -2.36. The van der Waals surface area contributed by atoms with Gasteiger partial charge in [-0.05, 0) is 43.9 Å². The normalized spacial score (nSPS) is 26.6. The summed E-state index contributed by atoms with van der Waals surface area (Å²) in [7, 11) is 0. The summed E-state index contributed by atoms with van der Waals surface area (Å²) >= 11 is 0. The van der Waals surface area contributed by atoms with Gasteiger partial charge in [-0.15, -0.1) is 0 Å². The molecule has 1 heterocycles. The fourth-order valence-electron chi connectivity index (χ4n) is 2.47. The third-order valence-electron chi connectivity index (χ3n) is 4.24. The van der Waals surface area contributed by atoms with E-state index in [4.69, 9.17) is 4.74 Å². The Kier molecular flexibility index (Phi) is 3.18. The van der Waals surface area contributed by atoms with Crippen LogP contribution in [0.5, 0.6) is 0 Å². The van der Waals surface area contributed by atoms with Crippen LogP contribution in [0.3, 0.4) is 0 Å². The lowest BCUT2D eigenvalue weighted by Crippen LogP contribution is -2.43. The fraction of sp³-hybridized carbons (Fsp3) is 0.533. The molecule has 0 amide bonds. The Morgan fingerprint density at radius 2 is 2.11 bits per heavy atom. The van der Waals surface area contributed by atoms with Crippen molar-refractivity contribution in [3.05, 3.63) is 34.9 Å². The van der Waals surface area contributed by atoms with Crippen molar-refractivity contribution in [1.29, 1.82) is 5.26 Å². The molecule has 0 saturated carbocycles. The van der Waals surface area contributed by atoms with Crippen LogP contribution in [-0.4, -0.2) is 18.3 Å². The van der Waals surface area contributed by atoms with Crippen molar-refractivity contribution in [3.63, 3.8) is 0 Å². The Morgan fingerprint density at radius 3 is 2.61 bits per heavy atom. The van der Waals surface area contributed by atoms with Crippen LogP contribution in [0.15, 0.2) is 18.2 Å². The Balaban J connectivity index is 2.47. The first-order valence-electron chi connectivity index (χ1n) is 6.22. The Bertz CT molecular complexity index is 494. The number of aliphatic hydroxyl groups is 1. The zero-order valence-electron chi connectivity index (χ0n) is 11.2. The maximum atomic E-state index is 10.8. The van der Waals surface area contributed by atoms with Crippen LogP contribution in [0, 0.1) is 30.6 Å². The minimum atomic E-state index is -1.18. The van der Waals surface area contributed by atoms with Crippen LogP contribution in [0.25, 0.3) is 0 Å². The second-order valence-electron chi connectivity index (χ2n) is 5.37. The van der Waals surface area contributed by atoms with Crippen molar-refractivity contribution < 1.29 is 9.84 Å². The van der Waals surface area contributed by atoms with E-state index in [0.29, 0.717) is 19.6 Å². The monoisotopic (exact) mass is 245 g/mol. The van der Waals surface area contributed by atoms with Crippen molar-refractivity contribution in [1.82, 2.24) is 0 Å². The van der Waals surface area contributed by atoms with Gasteiger partial charge in [-0.25, -0.2) is 0 Å². The quantitative estimate of drug-likeness (QED) is 0.870. The zero-order chi connectivity index (χ0) is 13.4. The number of ether oxygens (including phenoxy) is 1. The molecule has 2 atom stereocenters. The van der Waals surface area contributed by atoms with E-state index in [2.05, 4.69) is 6.07 Å². The van der Waals surface area contributed by atoms with Crippen LogP contribution in [0.2, 0.25) is 0 Å². The van der Waals surface area contributed by atoms with Crippen molar-refractivity contribution in [2.45, 2.75) is 32.8 Å². The molecule has 0 bridgehead atoms. The van der Waals surface area contributed by atoms with E-state index >= 15 is 0 Å². The predicted octanol–water partition coefficient (Wildman–Crippen LogP) is 2.44. The number of nitrogens with zero attached hydrogens (tertiary/aromatic N) is 1. The third-order valence-corrected chi connectivity index (χ3v) is 4.24. The van der Waals surface area contributed by atoms with Gasteiger partial charge in [0, 0.05) is 6.61 Å². The number of nitriles is 1. The van der Waals surface area contributed by atoms with Crippen molar-refractivity contribution in [3.8, 4) is 6.07 Å². The summed E-state index contributed by atoms with van der Waals surface area (Å²) < 4.78 is 5.33. The largest absolute Gasteiger partial charge is 0.384 e. The number of aryl methyl sites for hydroxylation is 2. The molecule has 0 radical (unpaired) electrons. The molecule has 1 aliphatic heterocycles. The molecule has 3 nitrogen and oxygen atoms in total. The van der Waals surface area contributed by atoms with Crippen LogP contribution in [0.4, 0.5) is 0 Å². The van der Waals surface area contributed by atoms with Gasteiger partial charge in [0.25, 0.3) is 0 Å². The standard InChI is InChI=1S/C15H19NO2/c1-11-4-5-13(8-12(11)2)14(3,17)15(9-16)6-7-18-10-15/h4-5,8,17H,6-7,10H2,1-3H3. The van der Waals surface area contributed by atoms with E-state index in [1.165, 1.54) is 5.56 Å². The average molecular weight is 245 g/mol. The van der Waals surface area contributed by atoms with Crippen LogP contribution in [-0.2, 0) is 10.3 Å². The van der Waals surface area contributed by atoms with Gasteiger partial charge in [-0.1, -0.05) is 18.2 Å². The van der Waals surface area contributed by atoms with E-state index in [1.54, 1.807) is 6.92 Å². The molecule has 96 valence electrons. The molecule has 18 heavy (non-hydrogen) atoms. The molecule has 1 aromatic carbocycles. The van der Waals surface area contributed by atoms with Gasteiger partial charge in [-0.3, -0.25) is 0 Å². The van der Waals surface area contributed by atoms with Crippen LogP contribution < -0.4 is 0 Å². The Labute approximate surface area is 108 Å². The first-order chi connectivity index (χ1) is 8.43. The van der Waals surface area contributed by atoms with Crippen LogP contribution >= 0.6 is 0 Å². The van der Waals surface area contributed by atoms with Crippen molar-refractivity contribution in [2.75, 3.05) is 13.2 Å². The van der Waals surface area contributed by atoms with Crippen molar-refractivity contribution in [2.24, 2.45) is 5.41 Å². The Morgan fingerprint density at radius 1 is 1.39 bits per heavy atom. The topological polar surface area (TPSA) is 53.2 Å². The number of hydrogen-bond donors (Lipinski definition) is 1. The summed E-state index contributed by atoms with van der Waals surface area (Å²) in [5.74, 6) is 0. The SMILES string of the molecule is Cc1ccc(C(C)(O)C2(C#N)CCOC2)cc1C. The summed E-state index contributed by atoms with van der Waals surface area (Å²) in [5.41, 5.74) is 1.08. The van der Waals surface area contributed by atoms with E-state index in [9.17, 15) is 10.4 Å². The Hall–Kier alpha value is -1.37. The first-order valence-corrected chi connectivity index (χ1v) is 6.22. The van der Waals surface area contributed by atoms with Gasteiger partial charge in [0.15, 0.2) is 0 Å². The summed E-state index contributed by atoms with van der Waals surface area (Å²) in [6.45, 7) is 6.60. The molecule has 2 unspecified atom stereocenters. The minimum absolute atomic E-state index is 0.295. The van der Waals surface area contributed by atoms with E-state index in [0.717, 1.165) is 11.1 Å². The van der Waals surface area contributed by atoms with E-state index < -0.39 is 11.0 Å². The maximum absolute atomic E-state index is 10.8. The third kappa shape index (κ3) is 1.82. The molecule has 1 saturated heterocycles. The first kappa shape index (κ1) is 13.1. The van der Waals surface area contributed by atoms with Gasteiger partial charge in [0.05, 0.1) is 12.7 Å². The average Bonchev–Trinajstić information content (AvgIpc) is 2.82. The second kappa shape index (κ2) is 4.38. The van der Waals surface area contributed by atoms with Gasteiger partial charge in [-0.2, -0.15) is 5.26 Å². The highest BCUT2D eigenvalue weighted by Gasteiger charge is 2.51. The molecule has 2 rings (SSSR count). The maximum Gasteiger partial charge on any atom is 0.115 e. The predicted molar refractivity (Wildman–Crippen MR) is 69.0 cm³/mol. The molecule has 3 heteroatoms. The minimum Gasteiger partial charge on any atom is -0.384 e. The van der Waals surface area contributed by atoms with Gasteiger partial charge in [0.1, 0.15) is 11.0 Å². The molecule has 0 aliphatic carbocycles. The number of rotatable bonds is 2. The molecular weight excluding hydrogens is 226 g/mol. The molecular formula is C15H19NO2. The zero-order valence-corrected chi connectivity index (χ0v) is 11.2. The molecule has 0 aromatic heterocycles. The van der Waals surface area contributed by atoms with Gasteiger partial charge in [0.2, 0.25) is 0 Å². The number of benzene rings is 1. The lowest BCUT2D eigenvalue weighted by molar-refractivity contribution is -0.0482. The molecule has 1 fully saturated rings. The molecule has 0 spiro atoms. The fourth-order valence-corrected chi connectivity index (χ4v) is 2.47. The van der Waals surface area contributed by atoms with E-state index in [1.807, 2.05) is 32.0 Å². The smallest absolute Gasteiger partial charge is 0.115 e. The highest BCUT2D eigenvalue weighted by molar-refractivity contribution is 5.36. The summed E-state index contributed by atoms with van der Waals surface area (Å²) in [6, 6.07) is 8.13. The second-order valence-corrected chi connectivity index (χ2v) is 5.37. The summed E-state index contributed by atoms with van der Waals surface area (Å²) in [5, 5.41) is 20.3. The summed E-state index contributed by atoms with van der Waals surface area (Å²) in [4.78, 5) is 0. The molecule has 1 N–H and O–H groups in total. The van der Waals surface area contributed by atoms with E-state index in [-0.39, 0.29) is 0 Å². The lowest BCUT2D eigenvalue weighted by atomic mass is 9.69. The molecule has 1 aromatic rings. The van der Waals surface area contributed by atoms with Gasteiger partial charge < -0.3 is 9.84 Å². The van der Waals surface area contributed by atoms with Crippen molar-refractivity contribution >= 4 is 0 Å².